The van der Waals surface area contributed by atoms with Crippen LogP contribution in [0.2, 0.25) is 5.02 Å². The molecule has 2 aromatic heterocycles. The minimum Gasteiger partial charge on any atom is -0.450 e. The monoisotopic (exact) mass is 399 g/mol. The molecule has 1 N–H and O–H groups in total. The van der Waals surface area contributed by atoms with Gasteiger partial charge in [0.1, 0.15) is 5.82 Å². The summed E-state index contributed by atoms with van der Waals surface area (Å²) in [6.07, 6.45) is 1.89. The summed E-state index contributed by atoms with van der Waals surface area (Å²) < 4.78 is 6.80. The second kappa shape index (κ2) is 8.06. The van der Waals surface area contributed by atoms with Crippen molar-refractivity contribution in [2.75, 3.05) is 24.6 Å². The molecule has 0 atom stereocenters. The van der Waals surface area contributed by atoms with Crippen LogP contribution in [0.5, 0.6) is 0 Å². The van der Waals surface area contributed by atoms with Gasteiger partial charge in [-0.15, -0.1) is 5.10 Å². The maximum Gasteiger partial charge on any atom is 0.407 e. The predicted octanol–water partition coefficient (Wildman–Crippen LogP) is 3.90. The number of hydrogen-bond donors (Lipinski definition) is 1. The summed E-state index contributed by atoms with van der Waals surface area (Å²) in [5.74, 6) is 0.919. The van der Waals surface area contributed by atoms with Crippen molar-refractivity contribution in [1.82, 2.24) is 19.9 Å². The molecule has 0 aliphatic carbocycles. The molecule has 1 amide bonds. The Morgan fingerprint density at radius 1 is 1.18 bits per heavy atom. The molecule has 0 radical (unpaired) electrons. The number of benzene rings is 1. The Kier molecular flexibility index (Phi) is 5.34. The fourth-order valence-corrected chi connectivity index (χ4v) is 3.55. The molecule has 146 valence electrons. The highest BCUT2D eigenvalue weighted by atomic mass is 35.5. The Balaban J connectivity index is 1.76. The number of alkyl carbamates (subject to hydrolysis) is 1. The van der Waals surface area contributed by atoms with Crippen LogP contribution >= 0.6 is 11.6 Å². The van der Waals surface area contributed by atoms with E-state index in [1.165, 1.54) is 12.8 Å². The summed E-state index contributed by atoms with van der Waals surface area (Å²) in [5, 5.41) is 8.25. The predicted molar refractivity (Wildman–Crippen MR) is 109 cm³/mol. The van der Waals surface area contributed by atoms with E-state index in [-0.39, 0.29) is 6.54 Å². The molecule has 0 saturated carbocycles. The van der Waals surface area contributed by atoms with Crippen LogP contribution in [0.25, 0.3) is 16.9 Å². The number of nitrogens with zero attached hydrogens (tertiary/aromatic N) is 4. The summed E-state index contributed by atoms with van der Waals surface area (Å²) in [5.41, 5.74) is 3.21. The molecular formula is C20H22ClN5O2. The molecule has 3 heterocycles. The third kappa shape index (κ3) is 3.75. The lowest BCUT2D eigenvalue weighted by atomic mass is 10.1. The molecule has 8 heteroatoms. The van der Waals surface area contributed by atoms with Gasteiger partial charge in [-0.3, -0.25) is 0 Å². The summed E-state index contributed by atoms with van der Waals surface area (Å²) in [6, 6.07) is 11.5. The number of imidazole rings is 1. The molecular weight excluding hydrogens is 378 g/mol. The fourth-order valence-electron chi connectivity index (χ4n) is 3.42. The van der Waals surface area contributed by atoms with E-state index >= 15 is 0 Å². The van der Waals surface area contributed by atoms with Gasteiger partial charge in [-0.1, -0.05) is 23.7 Å². The number of carbonyl (C=O) groups excluding carboxylic acids is 1. The number of anilines is 1. The normalized spacial score (nSPS) is 13.9. The molecule has 4 rings (SSSR count). The van der Waals surface area contributed by atoms with Gasteiger partial charge in [0.2, 0.25) is 0 Å². The molecule has 1 fully saturated rings. The molecule has 1 aliphatic rings. The van der Waals surface area contributed by atoms with E-state index in [4.69, 9.17) is 26.4 Å². The lowest BCUT2D eigenvalue weighted by Crippen LogP contribution is -2.25. The molecule has 0 unspecified atom stereocenters. The van der Waals surface area contributed by atoms with Gasteiger partial charge in [-0.25, -0.2) is 14.3 Å². The van der Waals surface area contributed by atoms with Gasteiger partial charge in [0, 0.05) is 23.7 Å². The van der Waals surface area contributed by atoms with Gasteiger partial charge in [-0.2, -0.15) is 0 Å². The molecule has 1 aromatic carbocycles. The number of rotatable bonds is 5. The van der Waals surface area contributed by atoms with Crippen molar-refractivity contribution < 1.29 is 9.53 Å². The lowest BCUT2D eigenvalue weighted by molar-refractivity contribution is 0.151. The third-order valence-corrected chi connectivity index (χ3v) is 5.03. The van der Waals surface area contributed by atoms with Crippen LogP contribution in [0.15, 0.2) is 36.4 Å². The molecule has 1 aliphatic heterocycles. The van der Waals surface area contributed by atoms with E-state index in [9.17, 15) is 4.79 Å². The van der Waals surface area contributed by atoms with Crippen LogP contribution in [0, 0.1) is 0 Å². The van der Waals surface area contributed by atoms with Gasteiger partial charge in [0.15, 0.2) is 5.65 Å². The zero-order chi connectivity index (χ0) is 19.5. The van der Waals surface area contributed by atoms with Crippen LogP contribution in [-0.2, 0) is 11.3 Å². The quantitative estimate of drug-likeness (QED) is 0.704. The van der Waals surface area contributed by atoms with Gasteiger partial charge >= 0.3 is 6.09 Å². The minimum absolute atomic E-state index is 0.258. The van der Waals surface area contributed by atoms with Gasteiger partial charge in [0.05, 0.1) is 24.5 Å². The Labute approximate surface area is 168 Å². The topological polar surface area (TPSA) is 71.8 Å². The van der Waals surface area contributed by atoms with Crippen molar-refractivity contribution >= 4 is 29.2 Å². The average Bonchev–Trinajstić information content (AvgIpc) is 3.35. The van der Waals surface area contributed by atoms with E-state index in [0.717, 1.165) is 41.5 Å². The first kappa shape index (κ1) is 18.6. The first-order valence-corrected chi connectivity index (χ1v) is 9.83. The van der Waals surface area contributed by atoms with Crippen molar-refractivity contribution in [2.24, 2.45) is 0 Å². The average molecular weight is 400 g/mol. The summed E-state index contributed by atoms with van der Waals surface area (Å²) in [4.78, 5) is 18.9. The second-order valence-corrected chi connectivity index (χ2v) is 7.08. The Hall–Kier alpha value is -2.80. The smallest absolute Gasteiger partial charge is 0.407 e. The van der Waals surface area contributed by atoms with Crippen LogP contribution < -0.4 is 10.2 Å². The highest BCUT2D eigenvalue weighted by molar-refractivity contribution is 6.30. The van der Waals surface area contributed by atoms with Crippen molar-refractivity contribution in [2.45, 2.75) is 26.3 Å². The number of fused-ring (bicyclic) bond motifs is 1. The lowest BCUT2D eigenvalue weighted by Gasteiger charge is -2.16. The summed E-state index contributed by atoms with van der Waals surface area (Å²) in [7, 11) is 0. The van der Waals surface area contributed by atoms with E-state index in [1.54, 1.807) is 6.92 Å². The molecule has 28 heavy (non-hydrogen) atoms. The largest absolute Gasteiger partial charge is 0.450 e. The highest BCUT2D eigenvalue weighted by Gasteiger charge is 2.19. The molecule has 0 bridgehead atoms. The number of ether oxygens (including phenoxy) is 1. The molecule has 3 aromatic rings. The molecule has 7 nitrogen and oxygen atoms in total. The Morgan fingerprint density at radius 3 is 2.64 bits per heavy atom. The van der Waals surface area contributed by atoms with E-state index in [1.807, 2.05) is 40.9 Å². The number of carbonyl (C=O) groups is 1. The van der Waals surface area contributed by atoms with Crippen LogP contribution in [0.4, 0.5) is 10.6 Å². The Bertz CT molecular complexity index is 980. The first-order chi connectivity index (χ1) is 13.7. The maximum absolute atomic E-state index is 11.8. The summed E-state index contributed by atoms with van der Waals surface area (Å²) >= 11 is 6.03. The number of nitrogens with one attached hydrogen (secondary N) is 1. The van der Waals surface area contributed by atoms with E-state index in [2.05, 4.69) is 10.2 Å². The maximum atomic E-state index is 11.8. The van der Waals surface area contributed by atoms with Gasteiger partial charge in [-0.05, 0) is 44.0 Å². The van der Waals surface area contributed by atoms with Crippen molar-refractivity contribution in [3.05, 3.63) is 47.1 Å². The van der Waals surface area contributed by atoms with E-state index in [0.29, 0.717) is 11.6 Å². The van der Waals surface area contributed by atoms with Crippen molar-refractivity contribution in [3.63, 3.8) is 0 Å². The molecule has 1 saturated heterocycles. The first-order valence-electron chi connectivity index (χ1n) is 9.46. The molecule has 0 spiro atoms. The second-order valence-electron chi connectivity index (χ2n) is 6.64. The SMILES string of the molecule is CCOC(=O)NCc1c(-c2ccc(Cl)cc2)nc2ccc(N3CCCC3)nn12. The number of amides is 1. The Morgan fingerprint density at radius 2 is 1.93 bits per heavy atom. The van der Waals surface area contributed by atoms with Gasteiger partial charge < -0.3 is 15.0 Å². The zero-order valence-corrected chi connectivity index (χ0v) is 16.4. The number of halogens is 1. The van der Waals surface area contributed by atoms with Crippen LogP contribution in [-0.4, -0.2) is 40.4 Å². The number of hydrogen-bond acceptors (Lipinski definition) is 5. The number of aromatic nitrogens is 3. The van der Waals surface area contributed by atoms with Crippen molar-refractivity contribution in [1.29, 1.82) is 0 Å². The third-order valence-electron chi connectivity index (χ3n) is 4.78. The van der Waals surface area contributed by atoms with Crippen molar-refractivity contribution in [3.8, 4) is 11.3 Å². The van der Waals surface area contributed by atoms with Crippen LogP contribution in [0.1, 0.15) is 25.5 Å². The fraction of sp³-hybridized carbons (Fsp3) is 0.350. The standard InChI is InChI=1S/C20H22ClN5O2/c1-2-28-20(27)22-13-16-19(14-5-7-15(21)8-6-14)23-17-9-10-18(24-26(16)17)25-11-3-4-12-25/h5-10H,2-4,11-13H2,1H3,(H,22,27). The minimum atomic E-state index is -0.463. The van der Waals surface area contributed by atoms with Gasteiger partial charge in [0.25, 0.3) is 0 Å². The van der Waals surface area contributed by atoms with Crippen LogP contribution in [0.3, 0.4) is 0 Å². The zero-order valence-electron chi connectivity index (χ0n) is 15.7. The highest BCUT2D eigenvalue weighted by Crippen LogP contribution is 2.27. The van der Waals surface area contributed by atoms with E-state index < -0.39 is 6.09 Å². The summed E-state index contributed by atoms with van der Waals surface area (Å²) in [6.45, 7) is 4.37.